The largest absolute Gasteiger partial charge is 0.370 e. The Balaban J connectivity index is 2.31. The van der Waals surface area contributed by atoms with Crippen LogP contribution in [0.5, 0.6) is 0 Å². The maximum Gasteiger partial charge on any atom is 0.321 e. The monoisotopic (exact) mass is 271 g/mol. The Morgan fingerprint density at radius 2 is 2.17 bits per heavy atom. The molecule has 96 valence electrons. The molecule has 1 amide bonds. The van der Waals surface area contributed by atoms with E-state index in [1.54, 1.807) is 24.3 Å². The first kappa shape index (κ1) is 12.8. The lowest BCUT2D eigenvalue weighted by molar-refractivity contribution is -0.117. The van der Waals surface area contributed by atoms with Gasteiger partial charge in [-0.25, -0.2) is 4.98 Å². The molecule has 0 spiro atoms. The highest BCUT2D eigenvalue weighted by molar-refractivity contribution is 7.99. The Bertz CT molecular complexity index is 570. The lowest BCUT2D eigenvalue weighted by Crippen LogP contribution is -2.11. The number of alkyl halides is 2. The summed E-state index contributed by atoms with van der Waals surface area (Å²) in [7, 11) is 0. The fourth-order valence-corrected chi connectivity index (χ4v) is 2.52. The normalized spacial score (nSPS) is 11.3. The number of thioether (sulfide) groups is 1. The maximum atomic E-state index is 13.0. The van der Waals surface area contributed by atoms with Crippen LogP contribution in [0.25, 0.3) is 11.0 Å². The summed E-state index contributed by atoms with van der Waals surface area (Å²) in [4.78, 5) is 14.7. The molecule has 4 nitrogen and oxygen atoms in total. The van der Waals surface area contributed by atoms with E-state index in [0.29, 0.717) is 16.8 Å². The van der Waals surface area contributed by atoms with E-state index < -0.39 is 12.5 Å². The van der Waals surface area contributed by atoms with Crippen LogP contribution in [0.15, 0.2) is 29.4 Å². The first-order valence-electron chi connectivity index (χ1n) is 5.26. The predicted octanol–water partition coefficient (Wildman–Crippen LogP) is 2.40. The van der Waals surface area contributed by atoms with E-state index in [9.17, 15) is 13.6 Å². The Hall–Kier alpha value is -1.63. The SMILES string of the molecule is NC(=O)CCSc1nc2ccccc2n1C(F)F. The number of imidazole rings is 1. The van der Waals surface area contributed by atoms with Crippen molar-refractivity contribution in [1.29, 1.82) is 0 Å². The molecule has 1 aromatic carbocycles. The highest BCUT2D eigenvalue weighted by atomic mass is 32.2. The second-order valence-electron chi connectivity index (χ2n) is 3.60. The molecular weight excluding hydrogens is 260 g/mol. The summed E-state index contributed by atoms with van der Waals surface area (Å²) < 4.78 is 26.9. The molecule has 0 bridgehead atoms. The smallest absolute Gasteiger partial charge is 0.321 e. The van der Waals surface area contributed by atoms with Gasteiger partial charge in [-0.2, -0.15) is 8.78 Å². The van der Waals surface area contributed by atoms with E-state index in [4.69, 9.17) is 5.73 Å². The van der Waals surface area contributed by atoms with E-state index in [0.717, 1.165) is 16.3 Å². The minimum atomic E-state index is -2.66. The average molecular weight is 271 g/mol. The molecule has 0 unspecified atom stereocenters. The second-order valence-corrected chi connectivity index (χ2v) is 4.66. The van der Waals surface area contributed by atoms with Crippen LogP contribution in [0, 0.1) is 0 Å². The molecule has 1 aromatic heterocycles. The van der Waals surface area contributed by atoms with Crippen LogP contribution in [0.3, 0.4) is 0 Å². The number of carbonyl (C=O) groups excluding carboxylic acids is 1. The molecule has 0 saturated carbocycles. The molecule has 0 aliphatic carbocycles. The number of nitrogens with zero attached hydrogens (tertiary/aromatic N) is 2. The van der Waals surface area contributed by atoms with Crippen LogP contribution in [0.4, 0.5) is 8.78 Å². The maximum absolute atomic E-state index is 13.0. The van der Waals surface area contributed by atoms with Gasteiger partial charge in [0.15, 0.2) is 5.16 Å². The molecule has 1 heterocycles. The summed E-state index contributed by atoms with van der Waals surface area (Å²) in [6, 6.07) is 6.68. The standard InChI is InChI=1S/C11H11F2N3OS/c12-10(13)16-8-4-2-1-3-7(8)15-11(16)18-6-5-9(14)17/h1-4,10H,5-6H2,(H2,14,17). The molecule has 0 aliphatic rings. The van der Waals surface area contributed by atoms with Crippen LogP contribution in [-0.4, -0.2) is 21.2 Å². The zero-order valence-electron chi connectivity index (χ0n) is 9.35. The van der Waals surface area contributed by atoms with Gasteiger partial charge in [0.25, 0.3) is 0 Å². The number of halogens is 2. The molecule has 0 saturated heterocycles. The Morgan fingerprint density at radius 3 is 2.83 bits per heavy atom. The van der Waals surface area contributed by atoms with Crippen molar-refractivity contribution in [1.82, 2.24) is 9.55 Å². The Kier molecular flexibility index (Phi) is 3.81. The molecule has 0 aliphatic heterocycles. The fraction of sp³-hybridized carbons (Fsp3) is 0.273. The number of hydrogen-bond donors (Lipinski definition) is 1. The average Bonchev–Trinajstić information content (AvgIpc) is 2.66. The van der Waals surface area contributed by atoms with Crippen molar-refractivity contribution in [2.45, 2.75) is 18.1 Å². The van der Waals surface area contributed by atoms with E-state index in [1.165, 1.54) is 0 Å². The summed E-state index contributed by atoms with van der Waals surface area (Å²) in [6.07, 6.45) is 0.136. The zero-order chi connectivity index (χ0) is 13.1. The van der Waals surface area contributed by atoms with Crippen LogP contribution in [-0.2, 0) is 4.79 Å². The Morgan fingerprint density at radius 1 is 1.44 bits per heavy atom. The van der Waals surface area contributed by atoms with Crippen LogP contribution < -0.4 is 5.73 Å². The summed E-state index contributed by atoms with van der Waals surface area (Å²) in [5.41, 5.74) is 5.90. The Labute approximate surface area is 106 Å². The number of primary amides is 1. The van der Waals surface area contributed by atoms with Gasteiger partial charge < -0.3 is 5.73 Å². The van der Waals surface area contributed by atoms with Gasteiger partial charge >= 0.3 is 6.55 Å². The summed E-state index contributed by atoms with van der Waals surface area (Å²) in [5, 5.41) is 0.201. The number of rotatable bonds is 5. The highest BCUT2D eigenvalue weighted by Crippen LogP contribution is 2.29. The molecule has 2 N–H and O–H groups in total. The molecular formula is C11H11F2N3OS. The molecule has 18 heavy (non-hydrogen) atoms. The van der Waals surface area contributed by atoms with E-state index in [2.05, 4.69) is 4.98 Å². The minimum absolute atomic E-state index is 0.136. The third-order valence-electron chi connectivity index (χ3n) is 2.34. The lowest BCUT2D eigenvalue weighted by Gasteiger charge is -2.06. The van der Waals surface area contributed by atoms with Crippen molar-refractivity contribution in [2.75, 3.05) is 5.75 Å². The van der Waals surface area contributed by atoms with Crippen molar-refractivity contribution in [2.24, 2.45) is 5.73 Å². The number of benzene rings is 1. The number of fused-ring (bicyclic) bond motifs is 1. The van der Waals surface area contributed by atoms with Gasteiger partial charge in [0, 0.05) is 12.2 Å². The molecule has 2 aromatic rings. The summed E-state index contributed by atoms with van der Waals surface area (Å²) in [6.45, 7) is -2.66. The number of carbonyl (C=O) groups is 1. The van der Waals surface area contributed by atoms with Gasteiger partial charge in [-0.05, 0) is 12.1 Å². The molecule has 7 heteroatoms. The van der Waals surface area contributed by atoms with Crippen LogP contribution in [0.2, 0.25) is 0 Å². The summed E-state index contributed by atoms with van der Waals surface area (Å²) >= 11 is 1.10. The van der Waals surface area contributed by atoms with Gasteiger partial charge in [0.1, 0.15) is 0 Å². The molecule has 0 fully saturated rings. The number of amides is 1. The zero-order valence-corrected chi connectivity index (χ0v) is 10.2. The van der Waals surface area contributed by atoms with Gasteiger partial charge in [-0.1, -0.05) is 23.9 Å². The van der Waals surface area contributed by atoms with Crippen molar-refractivity contribution in [3.05, 3.63) is 24.3 Å². The molecule has 0 radical (unpaired) electrons. The third-order valence-corrected chi connectivity index (χ3v) is 3.29. The molecule has 0 atom stereocenters. The van der Waals surface area contributed by atoms with Crippen LogP contribution in [0.1, 0.15) is 13.0 Å². The minimum Gasteiger partial charge on any atom is -0.370 e. The number of nitrogens with two attached hydrogens (primary N) is 1. The number of para-hydroxylation sites is 2. The number of aromatic nitrogens is 2. The fourth-order valence-electron chi connectivity index (χ4n) is 1.56. The van der Waals surface area contributed by atoms with Crippen molar-refractivity contribution in [3.63, 3.8) is 0 Å². The first-order valence-corrected chi connectivity index (χ1v) is 6.24. The predicted molar refractivity (Wildman–Crippen MR) is 65.5 cm³/mol. The first-order chi connectivity index (χ1) is 8.59. The van der Waals surface area contributed by atoms with Gasteiger partial charge in [-0.15, -0.1) is 0 Å². The van der Waals surface area contributed by atoms with E-state index in [-0.39, 0.29) is 11.6 Å². The van der Waals surface area contributed by atoms with Crippen molar-refractivity contribution >= 4 is 28.7 Å². The topological polar surface area (TPSA) is 60.9 Å². The van der Waals surface area contributed by atoms with Gasteiger partial charge in [-0.3, -0.25) is 9.36 Å². The third kappa shape index (κ3) is 2.61. The number of hydrogen-bond acceptors (Lipinski definition) is 3. The van der Waals surface area contributed by atoms with Gasteiger partial charge in [0.2, 0.25) is 5.91 Å². The molecule has 2 rings (SSSR count). The second kappa shape index (κ2) is 5.34. The quantitative estimate of drug-likeness (QED) is 0.849. The van der Waals surface area contributed by atoms with E-state index >= 15 is 0 Å². The summed E-state index contributed by atoms with van der Waals surface area (Å²) in [5.74, 6) is -0.118. The highest BCUT2D eigenvalue weighted by Gasteiger charge is 2.17. The van der Waals surface area contributed by atoms with Crippen molar-refractivity contribution in [3.8, 4) is 0 Å². The van der Waals surface area contributed by atoms with E-state index in [1.807, 2.05) is 0 Å². The van der Waals surface area contributed by atoms with Gasteiger partial charge in [0.05, 0.1) is 11.0 Å². The van der Waals surface area contributed by atoms with Crippen LogP contribution >= 0.6 is 11.8 Å². The lowest BCUT2D eigenvalue weighted by atomic mass is 10.3. The van der Waals surface area contributed by atoms with Crippen molar-refractivity contribution < 1.29 is 13.6 Å².